The zero-order valence-electron chi connectivity index (χ0n) is 12.1. The van der Waals surface area contributed by atoms with Crippen molar-refractivity contribution in [1.29, 1.82) is 0 Å². The highest BCUT2D eigenvalue weighted by Crippen LogP contribution is 2.33. The maximum atomic E-state index is 12.3. The fourth-order valence-corrected chi connectivity index (χ4v) is 2.60. The molecule has 1 aliphatic heterocycles. The highest BCUT2D eigenvalue weighted by atomic mass is 79.9. The van der Waals surface area contributed by atoms with Gasteiger partial charge in [-0.05, 0) is 35.0 Å². The van der Waals surface area contributed by atoms with Crippen LogP contribution in [-0.2, 0) is 0 Å². The van der Waals surface area contributed by atoms with Gasteiger partial charge in [0, 0.05) is 38.3 Å². The van der Waals surface area contributed by atoms with E-state index < -0.39 is 6.36 Å². The van der Waals surface area contributed by atoms with Crippen LogP contribution in [0.3, 0.4) is 0 Å². The molecule has 4 nitrogen and oxygen atoms in total. The Morgan fingerprint density at radius 1 is 1.41 bits per heavy atom. The van der Waals surface area contributed by atoms with Crippen LogP contribution >= 0.6 is 15.9 Å². The summed E-state index contributed by atoms with van der Waals surface area (Å²) < 4.78 is 46.6. The van der Waals surface area contributed by atoms with Crippen molar-refractivity contribution in [1.82, 2.24) is 10.2 Å². The third kappa shape index (κ3) is 5.33. The molecule has 1 aromatic carbocycles. The van der Waals surface area contributed by atoms with Crippen molar-refractivity contribution in [3.8, 4) is 11.5 Å². The van der Waals surface area contributed by atoms with E-state index in [1.807, 2.05) is 0 Å². The third-order valence-electron chi connectivity index (χ3n) is 3.41. The van der Waals surface area contributed by atoms with E-state index in [2.05, 4.69) is 37.8 Å². The number of benzene rings is 1. The number of ether oxygens (including phenoxy) is 2. The van der Waals surface area contributed by atoms with E-state index in [1.165, 1.54) is 12.1 Å². The largest absolute Gasteiger partial charge is 0.573 e. The summed E-state index contributed by atoms with van der Waals surface area (Å²) in [5, 5.41) is 3.30. The molecule has 0 aromatic heterocycles. The van der Waals surface area contributed by atoms with Crippen LogP contribution in [-0.4, -0.2) is 50.1 Å². The summed E-state index contributed by atoms with van der Waals surface area (Å²) in [5.74, 6) is 0.0470. The molecule has 1 heterocycles. The SMILES string of the molecule is C[C@H]1CNCCN1CCOc1ccc(Br)c(OC(F)(F)F)c1. The lowest BCUT2D eigenvalue weighted by Crippen LogP contribution is -2.50. The molecule has 2 rings (SSSR count). The average Bonchev–Trinajstić information content (AvgIpc) is 2.43. The molecule has 0 unspecified atom stereocenters. The van der Waals surface area contributed by atoms with Crippen LogP contribution in [0.4, 0.5) is 13.2 Å². The van der Waals surface area contributed by atoms with Gasteiger partial charge in [-0.1, -0.05) is 0 Å². The molecule has 0 amide bonds. The fraction of sp³-hybridized carbons (Fsp3) is 0.571. The lowest BCUT2D eigenvalue weighted by molar-refractivity contribution is -0.274. The zero-order valence-corrected chi connectivity index (χ0v) is 13.7. The van der Waals surface area contributed by atoms with Gasteiger partial charge in [-0.2, -0.15) is 0 Å². The van der Waals surface area contributed by atoms with Gasteiger partial charge >= 0.3 is 6.36 Å². The topological polar surface area (TPSA) is 33.7 Å². The smallest absolute Gasteiger partial charge is 0.492 e. The molecule has 0 spiro atoms. The van der Waals surface area contributed by atoms with Gasteiger partial charge in [-0.3, -0.25) is 4.90 Å². The van der Waals surface area contributed by atoms with Crippen molar-refractivity contribution < 1.29 is 22.6 Å². The molecule has 0 radical (unpaired) electrons. The summed E-state index contributed by atoms with van der Waals surface area (Å²) in [4.78, 5) is 2.28. The predicted molar refractivity (Wildman–Crippen MR) is 80.2 cm³/mol. The highest BCUT2D eigenvalue weighted by molar-refractivity contribution is 9.10. The maximum absolute atomic E-state index is 12.3. The second kappa shape index (κ2) is 7.52. The van der Waals surface area contributed by atoms with E-state index in [4.69, 9.17) is 4.74 Å². The molecular formula is C14H18BrF3N2O2. The first-order chi connectivity index (χ1) is 10.3. The van der Waals surface area contributed by atoms with Gasteiger partial charge < -0.3 is 14.8 Å². The molecule has 0 aliphatic carbocycles. The number of rotatable bonds is 5. The van der Waals surface area contributed by atoms with Crippen LogP contribution in [0.5, 0.6) is 11.5 Å². The molecule has 1 saturated heterocycles. The molecule has 22 heavy (non-hydrogen) atoms. The van der Waals surface area contributed by atoms with Crippen LogP contribution in [0.2, 0.25) is 0 Å². The molecule has 1 aromatic rings. The molecule has 0 bridgehead atoms. The van der Waals surface area contributed by atoms with E-state index in [-0.39, 0.29) is 10.2 Å². The van der Waals surface area contributed by atoms with Gasteiger partial charge in [0.25, 0.3) is 0 Å². The minimum absolute atomic E-state index is 0.230. The first kappa shape index (κ1) is 17.4. The summed E-state index contributed by atoms with van der Waals surface area (Å²) in [6.07, 6.45) is -4.72. The maximum Gasteiger partial charge on any atom is 0.573 e. The summed E-state index contributed by atoms with van der Waals surface area (Å²) in [5.41, 5.74) is 0. The standard InChI is InChI=1S/C14H18BrF3N2O2/c1-10-9-19-4-5-20(10)6-7-21-11-2-3-12(15)13(8-11)22-14(16,17)18/h2-3,8,10,19H,4-7,9H2,1H3/t10-/m0/s1. The van der Waals surface area contributed by atoms with Crippen molar-refractivity contribution in [3.05, 3.63) is 22.7 Å². The lowest BCUT2D eigenvalue weighted by Gasteiger charge is -2.33. The summed E-state index contributed by atoms with van der Waals surface area (Å²) >= 11 is 3.03. The van der Waals surface area contributed by atoms with E-state index in [0.29, 0.717) is 18.4 Å². The fourth-order valence-electron chi connectivity index (χ4n) is 2.27. The van der Waals surface area contributed by atoms with Crippen LogP contribution in [0.25, 0.3) is 0 Å². The summed E-state index contributed by atoms with van der Waals surface area (Å²) in [6.45, 7) is 6.08. The normalized spacial score (nSPS) is 20.0. The highest BCUT2D eigenvalue weighted by Gasteiger charge is 2.32. The Balaban J connectivity index is 1.88. The molecule has 1 atom stereocenters. The number of halogens is 4. The monoisotopic (exact) mass is 382 g/mol. The van der Waals surface area contributed by atoms with Crippen molar-refractivity contribution in [2.24, 2.45) is 0 Å². The molecule has 1 aliphatic rings. The van der Waals surface area contributed by atoms with Crippen LogP contribution < -0.4 is 14.8 Å². The number of piperazine rings is 1. The molecule has 0 saturated carbocycles. The number of hydrogen-bond acceptors (Lipinski definition) is 4. The molecule has 1 N–H and O–H groups in total. The van der Waals surface area contributed by atoms with Crippen LogP contribution in [0.15, 0.2) is 22.7 Å². The number of nitrogens with one attached hydrogen (secondary N) is 1. The second-order valence-electron chi connectivity index (χ2n) is 5.08. The Morgan fingerprint density at radius 3 is 2.86 bits per heavy atom. The second-order valence-corrected chi connectivity index (χ2v) is 5.93. The van der Waals surface area contributed by atoms with Gasteiger partial charge in [0.15, 0.2) is 0 Å². The zero-order chi connectivity index (χ0) is 16.2. The quantitative estimate of drug-likeness (QED) is 0.848. The minimum Gasteiger partial charge on any atom is -0.492 e. The van der Waals surface area contributed by atoms with Gasteiger partial charge in [0.05, 0.1) is 4.47 Å². The van der Waals surface area contributed by atoms with Gasteiger partial charge in [-0.25, -0.2) is 0 Å². The van der Waals surface area contributed by atoms with Crippen molar-refractivity contribution in [3.63, 3.8) is 0 Å². The Hall–Kier alpha value is -0.990. The lowest BCUT2D eigenvalue weighted by atomic mass is 10.2. The Kier molecular flexibility index (Phi) is 5.94. The van der Waals surface area contributed by atoms with Crippen molar-refractivity contribution >= 4 is 15.9 Å². The predicted octanol–water partition coefficient (Wildman–Crippen LogP) is 3.02. The third-order valence-corrected chi connectivity index (χ3v) is 4.07. The summed E-state index contributed by atoms with van der Waals surface area (Å²) in [6, 6.07) is 4.74. The van der Waals surface area contributed by atoms with E-state index >= 15 is 0 Å². The number of alkyl halides is 3. The Labute approximate surface area is 135 Å². The van der Waals surface area contributed by atoms with Gasteiger partial charge in [0.2, 0.25) is 0 Å². The van der Waals surface area contributed by atoms with Crippen LogP contribution in [0.1, 0.15) is 6.92 Å². The van der Waals surface area contributed by atoms with E-state index in [9.17, 15) is 13.2 Å². The van der Waals surface area contributed by atoms with Crippen molar-refractivity contribution in [2.45, 2.75) is 19.3 Å². The minimum atomic E-state index is -4.72. The molecule has 8 heteroatoms. The van der Waals surface area contributed by atoms with E-state index in [0.717, 1.165) is 26.2 Å². The molecular weight excluding hydrogens is 365 g/mol. The molecule has 1 fully saturated rings. The van der Waals surface area contributed by atoms with Gasteiger partial charge in [0.1, 0.15) is 18.1 Å². The first-order valence-corrected chi connectivity index (χ1v) is 7.77. The Bertz CT molecular complexity index is 499. The van der Waals surface area contributed by atoms with Crippen LogP contribution in [0, 0.1) is 0 Å². The number of nitrogens with zero attached hydrogens (tertiary/aromatic N) is 1. The van der Waals surface area contributed by atoms with E-state index in [1.54, 1.807) is 6.07 Å². The Morgan fingerprint density at radius 2 is 2.18 bits per heavy atom. The van der Waals surface area contributed by atoms with Crippen molar-refractivity contribution in [2.75, 3.05) is 32.8 Å². The number of hydrogen-bond donors (Lipinski definition) is 1. The average molecular weight is 383 g/mol. The summed E-state index contributed by atoms with van der Waals surface area (Å²) in [7, 11) is 0. The first-order valence-electron chi connectivity index (χ1n) is 6.98. The molecule has 124 valence electrons. The van der Waals surface area contributed by atoms with Gasteiger partial charge in [-0.15, -0.1) is 13.2 Å².